The Morgan fingerprint density at radius 1 is 1.50 bits per heavy atom. The minimum absolute atomic E-state index is 0.153. The summed E-state index contributed by atoms with van der Waals surface area (Å²) in [4.78, 5) is 0. The van der Waals surface area contributed by atoms with Crippen LogP contribution >= 0.6 is 0 Å². The van der Waals surface area contributed by atoms with E-state index in [1.54, 1.807) is 7.11 Å². The summed E-state index contributed by atoms with van der Waals surface area (Å²) in [5, 5.41) is 3.36. The molecule has 3 heteroatoms. The molecule has 1 aromatic rings. The van der Waals surface area contributed by atoms with Crippen LogP contribution in [0.5, 0.6) is 5.75 Å². The van der Waals surface area contributed by atoms with Crippen molar-refractivity contribution in [2.24, 2.45) is 5.73 Å². The minimum Gasteiger partial charge on any atom is -0.497 e. The molecule has 16 heavy (non-hydrogen) atoms. The van der Waals surface area contributed by atoms with E-state index >= 15 is 0 Å². The van der Waals surface area contributed by atoms with Crippen LogP contribution in [0.1, 0.15) is 24.0 Å². The molecule has 2 atom stereocenters. The lowest BCUT2D eigenvalue weighted by Gasteiger charge is -2.27. The van der Waals surface area contributed by atoms with Crippen LogP contribution in [0, 0.1) is 6.92 Å². The van der Waals surface area contributed by atoms with Crippen molar-refractivity contribution < 1.29 is 4.74 Å². The molecule has 3 nitrogen and oxygen atoms in total. The SMILES string of the molecule is COc1ccc([C@@H]2CNC[C@@]2(C)N)c(C)c1. The fourth-order valence-electron chi connectivity index (χ4n) is 2.47. The van der Waals surface area contributed by atoms with Gasteiger partial charge in [-0.1, -0.05) is 6.07 Å². The van der Waals surface area contributed by atoms with Gasteiger partial charge in [0.25, 0.3) is 0 Å². The monoisotopic (exact) mass is 220 g/mol. The van der Waals surface area contributed by atoms with Crippen molar-refractivity contribution in [1.82, 2.24) is 5.32 Å². The third kappa shape index (κ3) is 1.93. The van der Waals surface area contributed by atoms with Gasteiger partial charge in [0.05, 0.1) is 7.11 Å². The van der Waals surface area contributed by atoms with Crippen LogP contribution in [-0.4, -0.2) is 25.7 Å². The highest BCUT2D eigenvalue weighted by molar-refractivity contribution is 5.39. The molecule has 0 aromatic heterocycles. The summed E-state index contributed by atoms with van der Waals surface area (Å²) in [5.74, 6) is 1.30. The summed E-state index contributed by atoms with van der Waals surface area (Å²) in [6, 6.07) is 6.22. The number of rotatable bonds is 2. The Labute approximate surface area is 97.0 Å². The molecule has 0 saturated carbocycles. The first-order valence-corrected chi connectivity index (χ1v) is 5.69. The van der Waals surface area contributed by atoms with Crippen molar-refractivity contribution in [3.8, 4) is 5.75 Å². The third-order valence-electron chi connectivity index (χ3n) is 3.50. The standard InChI is InChI=1S/C13H20N2O/c1-9-6-10(16-3)4-5-11(9)12-7-15-8-13(12,2)14/h4-6,12,15H,7-8,14H2,1-3H3/t12-,13+/m0/s1. The second kappa shape index (κ2) is 4.07. The van der Waals surface area contributed by atoms with Crippen molar-refractivity contribution in [3.05, 3.63) is 29.3 Å². The number of nitrogens with two attached hydrogens (primary N) is 1. The highest BCUT2D eigenvalue weighted by Crippen LogP contribution is 2.32. The van der Waals surface area contributed by atoms with Crippen molar-refractivity contribution in [2.75, 3.05) is 20.2 Å². The number of nitrogens with one attached hydrogen (secondary N) is 1. The van der Waals surface area contributed by atoms with Gasteiger partial charge in [0, 0.05) is 24.5 Å². The van der Waals surface area contributed by atoms with Gasteiger partial charge in [0.2, 0.25) is 0 Å². The van der Waals surface area contributed by atoms with E-state index in [-0.39, 0.29) is 5.54 Å². The van der Waals surface area contributed by atoms with Gasteiger partial charge >= 0.3 is 0 Å². The highest BCUT2D eigenvalue weighted by Gasteiger charge is 2.36. The van der Waals surface area contributed by atoms with Crippen molar-refractivity contribution >= 4 is 0 Å². The summed E-state index contributed by atoms with van der Waals surface area (Å²) in [6.45, 7) is 6.07. The number of aryl methyl sites for hydroxylation is 1. The first-order valence-electron chi connectivity index (χ1n) is 5.69. The van der Waals surface area contributed by atoms with Gasteiger partial charge in [0.15, 0.2) is 0 Å². The number of benzene rings is 1. The predicted octanol–water partition coefficient (Wildman–Crippen LogP) is 1.41. The smallest absolute Gasteiger partial charge is 0.119 e. The van der Waals surface area contributed by atoms with Gasteiger partial charge < -0.3 is 15.8 Å². The molecule has 1 fully saturated rings. The molecule has 0 unspecified atom stereocenters. The largest absolute Gasteiger partial charge is 0.497 e. The maximum absolute atomic E-state index is 6.30. The van der Waals surface area contributed by atoms with E-state index in [1.807, 2.05) is 6.07 Å². The normalized spacial score (nSPS) is 29.4. The van der Waals surface area contributed by atoms with Gasteiger partial charge in [-0.15, -0.1) is 0 Å². The fraction of sp³-hybridized carbons (Fsp3) is 0.538. The second-order valence-corrected chi connectivity index (χ2v) is 4.91. The molecule has 88 valence electrons. The van der Waals surface area contributed by atoms with Crippen LogP contribution < -0.4 is 15.8 Å². The van der Waals surface area contributed by atoms with Crippen LogP contribution in [0.25, 0.3) is 0 Å². The lowest BCUT2D eigenvalue weighted by atomic mass is 9.82. The average molecular weight is 220 g/mol. The molecule has 0 aliphatic carbocycles. The van der Waals surface area contributed by atoms with E-state index in [4.69, 9.17) is 10.5 Å². The maximum Gasteiger partial charge on any atom is 0.119 e. The third-order valence-corrected chi connectivity index (χ3v) is 3.50. The second-order valence-electron chi connectivity index (χ2n) is 4.91. The predicted molar refractivity (Wildman–Crippen MR) is 65.9 cm³/mol. The maximum atomic E-state index is 6.30. The Kier molecular flexibility index (Phi) is 2.91. The van der Waals surface area contributed by atoms with Crippen LogP contribution in [0.3, 0.4) is 0 Å². The van der Waals surface area contributed by atoms with E-state index < -0.39 is 0 Å². The summed E-state index contributed by atoms with van der Waals surface area (Å²) in [7, 11) is 1.69. The Balaban J connectivity index is 2.34. The van der Waals surface area contributed by atoms with E-state index in [0.29, 0.717) is 5.92 Å². The van der Waals surface area contributed by atoms with E-state index in [0.717, 1.165) is 18.8 Å². The summed E-state index contributed by atoms with van der Waals surface area (Å²) >= 11 is 0. The molecule has 1 saturated heterocycles. The lowest BCUT2D eigenvalue weighted by Crippen LogP contribution is -2.43. The van der Waals surface area contributed by atoms with Gasteiger partial charge in [-0.2, -0.15) is 0 Å². The summed E-state index contributed by atoms with van der Waals surface area (Å²) in [6.07, 6.45) is 0. The molecule has 2 rings (SSSR count). The van der Waals surface area contributed by atoms with E-state index in [9.17, 15) is 0 Å². The number of methoxy groups -OCH3 is 1. The molecule has 1 aliphatic rings. The first kappa shape index (κ1) is 11.4. The molecule has 0 spiro atoms. The van der Waals surface area contributed by atoms with Crippen LogP contribution in [0.4, 0.5) is 0 Å². The minimum atomic E-state index is -0.153. The van der Waals surface area contributed by atoms with E-state index in [1.165, 1.54) is 11.1 Å². The number of hydrogen-bond donors (Lipinski definition) is 2. The van der Waals surface area contributed by atoms with Gasteiger partial charge in [-0.05, 0) is 37.1 Å². The fourth-order valence-corrected chi connectivity index (χ4v) is 2.47. The van der Waals surface area contributed by atoms with Crippen molar-refractivity contribution in [1.29, 1.82) is 0 Å². The first-order chi connectivity index (χ1) is 7.54. The Hall–Kier alpha value is -1.06. The number of hydrogen-bond acceptors (Lipinski definition) is 3. The molecule has 1 aromatic carbocycles. The lowest BCUT2D eigenvalue weighted by molar-refractivity contribution is 0.413. The molecule has 1 heterocycles. The zero-order valence-electron chi connectivity index (χ0n) is 10.2. The zero-order valence-corrected chi connectivity index (χ0v) is 10.2. The molecular formula is C13H20N2O. The van der Waals surface area contributed by atoms with Crippen LogP contribution in [0.15, 0.2) is 18.2 Å². The highest BCUT2D eigenvalue weighted by atomic mass is 16.5. The quantitative estimate of drug-likeness (QED) is 0.792. The Morgan fingerprint density at radius 2 is 2.25 bits per heavy atom. The number of ether oxygens (including phenoxy) is 1. The van der Waals surface area contributed by atoms with Crippen LogP contribution in [-0.2, 0) is 0 Å². The molecule has 0 amide bonds. The van der Waals surface area contributed by atoms with Crippen LogP contribution in [0.2, 0.25) is 0 Å². The van der Waals surface area contributed by atoms with Gasteiger partial charge in [-0.25, -0.2) is 0 Å². The molecule has 0 bridgehead atoms. The average Bonchev–Trinajstić information content (AvgIpc) is 2.58. The molecular weight excluding hydrogens is 200 g/mol. The summed E-state index contributed by atoms with van der Waals surface area (Å²) < 4.78 is 5.22. The molecule has 0 radical (unpaired) electrons. The van der Waals surface area contributed by atoms with Crippen molar-refractivity contribution in [3.63, 3.8) is 0 Å². The topological polar surface area (TPSA) is 47.3 Å². The zero-order chi connectivity index (χ0) is 11.8. The Bertz CT molecular complexity index is 388. The molecule has 1 aliphatic heterocycles. The summed E-state index contributed by atoms with van der Waals surface area (Å²) in [5.41, 5.74) is 8.73. The van der Waals surface area contributed by atoms with Gasteiger partial charge in [0.1, 0.15) is 5.75 Å². The van der Waals surface area contributed by atoms with Crippen molar-refractivity contribution in [2.45, 2.75) is 25.3 Å². The Morgan fingerprint density at radius 3 is 2.75 bits per heavy atom. The van der Waals surface area contributed by atoms with Gasteiger partial charge in [-0.3, -0.25) is 0 Å². The molecule has 3 N–H and O–H groups in total. The van der Waals surface area contributed by atoms with E-state index in [2.05, 4.69) is 31.3 Å².